The fourth-order valence-corrected chi connectivity index (χ4v) is 4.09. The van der Waals surface area contributed by atoms with Crippen molar-refractivity contribution in [2.45, 2.75) is 51.6 Å². The molecule has 0 spiro atoms. The maximum absolute atomic E-state index is 12.7. The highest BCUT2D eigenvalue weighted by Crippen LogP contribution is 2.30. The van der Waals surface area contributed by atoms with Crippen LogP contribution in [0, 0.1) is 6.92 Å². The number of thiophene rings is 1. The van der Waals surface area contributed by atoms with Crippen LogP contribution in [0.1, 0.15) is 48.7 Å². The molecule has 136 valence electrons. The first-order valence-electron chi connectivity index (χ1n) is 8.92. The van der Waals surface area contributed by atoms with Crippen molar-refractivity contribution in [3.63, 3.8) is 0 Å². The van der Waals surface area contributed by atoms with E-state index in [1.807, 2.05) is 35.2 Å². The molecule has 1 saturated carbocycles. The van der Waals surface area contributed by atoms with Gasteiger partial charge in [0, 0.05) is 17.5 Å². The molecule has 7 heteroatoms. The minimum absolute atomic E-state index is 0.0558. The highest BCUT2D eigenvalue weighted by atomic mass is 32.1. The Labute approximate surface area is 152 Å². The van der Waals surface area contributed by atoms with Crippen LogP contribution in [0.4, 0.5) is 10.6 Å². The lowest BCUT2D eigenvalue weighted by molar-refractivity contribution is 0.185. The number of aromatic nitrogens is 2. The summed E-state index contributed by atoms with van der Waals surface area (Å²) in [6, 6.07) is 6.06. The molecule has 0 aromatic carbocycles. The molecule has 25 heavy (non-hydrogen) atoms. The molecule has 2 amide bonds. The predicted molar refractivity (Wildman–Crippen MR) is 99.9 cm³/mol. The van der Waals surface area contributed by atoms with Gasteiger partial charge in [-0.3, -0.25) is 5.32 Å². The van der Waals surface area contributed by atoms with E-state index in [4.69, 9.17) is 0 Å². The molecule has 0 aliphatic heterocycles. The Morgan fingerprint density at radius 1 is 1.44 bits per heavy atom. The number of carbonyl (C=O) groups is 1. The average molecular weight is 362 g/mol. The summed E-state index contributed by atoms with van der Waals surface area (Å²) < 4.78 is 1.98. The Morgan fingerprint density at radius 2 is 2.24 bits per heavy atom. The van der Waals surface area contributed by atoms with Gasteiger partial charge >= 0.3 is 6.03 Å². The number of urea groups is 1. The van der Waals surface area contributed by atoms with Crippen molar-refractivity contribution in [1.82, 2.24) is 14.7 Å². The van der Waals surface area contributed by atoms with Crippen LogP contribution in [0.15, 0.2) is 23.6 Å². The maximum Gasteiger partial charge on any atom is 0.323 e. The quantitative estimate of drug-likeness (QED) is 0.821. The number of hydrogen-bond donors (Lipinski definition) is 2. The summed E-state index contributed by atoms with van der Waals surface area (Å²) in [5, 5.41) is 18.9. The van der Waals surface area contributed by atoms with Gasteiger partial charge in [0.2, 0.25) is 0 Å². The van der Waals surface area contributed by atoms with Crippen LogP contribution in [0.2, 0.25) is 0 Å². The van der Waals surface area contributed by atoms with Crippen LogP contribution < -0.4 is 5.32 Å². The lowest BCUT2D eigenvalue weighted by atomic mass is 9.96. The van der Waals surface area contributed by atoms with E-state index in [1.54, 1.807) is 16.2 Å². The normalized spacial score (nSPS) is 15.3. The summed E-state index contributed by atoms with van der Waals surface area (Å²) >= 11 is 1.61. The Kier molecular flexibility index (Phi) is 6.09. The number of anilines is 1. The van der Waals surface area contributed by atoms with E-state index >= 15 is 0 Å². The second-order valence-corrected chi connectivity index (χ2v) is 7.59. The monoisotopic (exact) mass is 362 g/mol. The van der Waals surface area contributed by atoms with Crippen LogP contribution in [0.25, 0.3) is 0 Å². The molecule has 2 N–H and O–H groups in total. The van der Waals surface area contributed by atoms with Gasteiger partial charge in [-0.25, -0.2) is 9.48 Å². The summed E-state index contributed by atoms with van der Waals surface area (Å²) in [5.41, 5.74) is 0.910. The van der Waals surface area contributed by atoms with Crippen molar-refractivity contribution in [2.75, 3.05) is 18.5 Å². The Balaban J connectivity index is 1.72. The van der Waals surface area contributed by atoms with Crippen molar-refractivity contribution >= 4 is 23.2 Å². The molecule has 2 heterocycles. The van der Waals surface area contributed by atoms with Gasteiger partial charge in [0.05, 0.1) is 24.9 Å². The van der Waals surface area contributed by atoms with Gasteiger partial charge in [0.15, 0.2) is 0 Å². The molecule has 1 fully saturated rings. The van der Waals surface area contributed by atoms with Crippen LogP contribution >= 0.6 is 11.3 Å². The van der Waals surface area contributed by atoms with E-state index in [0.717, 1.165) is 29.2 Å². The fraction of sp³-hybridized carbons (Fsp3) is 0.556. The summed E-state index contributed by atoms with van der Waals surface area (Å²) in [4.78, 5) is 15.5. The van der Waals surface area contributed by atoms with E-state index < -0.39 is 0 Å². The number of rotatable bonds is 6. The highest BCUT2D eigenvalue weighted by Gasteiger charge is 2.22. The summed E-state index contributed by atoms with van der Waals surface area (Å²) in [5.74, 6) is 0.753. The van der Waals surface area contributed by atoms with Gasteiger partial charge < -0.3 is 10.0 Å². The van der Waals surface area contributed by atoms with E-state index in [-0.39, 0.29) is 12.6 Å². The predicted octanol–water partition coefficient (Wildman–Crippen LogP) is 3.78. The topological polar surface area (TPSA) is 70.4 Å². The van der Waals surface area contributed by atoms with Gasteiger partial charge in [-0.1, -0.05) is 25.3 Å². The SMILES string of the molecule is Cc1cc(NC(=O)N(CCO)Cc2cccs2)n(C2CCCCC2)n1. The molecule has 3 rings (SSSR count). The Hall–Kier alpha value is -1.86. The molecule has 2 aromatic heterocycles. The molecule has 0 unspecified atom stereocenters. The number of hydrogen-bond acceptors (Lipinski definition) is 4. The molecule has 6 nitrogen and oxygen atoms in total. The number of amides is 2. The number of carbonyl (C=O) groups excluding carboxylic acids is 1. The largest absolute Gasteiger partial charge is 0.395 e. The molecule has 0 saturated heterocycles. The smallest absolute Gasteiger partial charge is 0.323 e. The number of nitrogens with zero attached hydrogens (tertiary/aromatic N) is 3. The summed E-state index contributed by atoms with van der Waals surface area (Å²) in [6.07, 6.45) is 5.93. The Bertz CT molecular complexity index is 677. The zero-order chi connectivity index (χ0) is 17.6. The number of nitrogens with one attached hydrogen (secondary N) is 1. The maximum atomic E-state index is 12.7. The second-order valence-electron chi connectivity index (χ2n) is 6.56. The van der Waals surface area contributed by atoms with Crippen molar-refractivity contribution in [3.05, 3.63) is 34.2 Å². The van der Waals surface area contributed by atoms with Gasteiger partial charge in [0.25, 0.3) is 0 Å². The van der Waals surface area contributed by atoms with Crippen molar-refractivity contribution in [3.8, 4) is 0 Å². The standard InChI is InChI=1S/C18H26N4O2S/c1-14-12-17(22(20-14)15-6-3-2-4-7-15)19-18(24)21(9-10-23)13-16-8-5-11-25-16/h5,8,11-12,15,23H,2-4,6-7,9-10,13H2,1H3,(H,19,24). The molecule has 1 aliphatic carbocycles. The number of aliphatic hydroxyl groups excluding tert-OH is 1. The molecular weight excluding hydrogens is 336 g/mol. The average Bonchev–Trinajstić information content (AvgIpc) is 3.25. The van der Waals surface area contributed by atoms with Crippen LogP contribution in [0.3, 0.4) is 0 Å². The van der Waals surface area contributed by atoms with Gasteiger partial charge in [0.1, 0.15) is 5.82 Å². The van der Waals surface area contributed by atoms with E-state index in [1.165, 1.54) is 19.3 Å². The van der Waals surface area contributed by atoms with Crippen LogP contribution in [-0.2, 0) is 6.54 Å². The molecule has 0 bridgehead atoms. The van der Waals surface area contributed by atoms with E-state index in [0.29, 0.717) is 19.1 Å². The Morgan fingerprint density at radius 3 is 2.92 bits per heavy atom. The minimum atomic E-state index is -0.195. The number of aliphatic hydroxyl groups is 1. The van der Waals surface area contributed by atoms with Gasteiger partial charge in [-0.2, -0.15) is 5.10 Å². The van der Waals surface area contributed by atoms with Crippen molar-refractivity contribution in [1.29, 1.82) is 0 Å². The first-order chi connectivity index (χ1) is 12.2. The lowest BCUT2D eigenvalue weighted by Crippen LogP contribution is -2.37. The highest BCUT2D eigenvalue weighted by molar-refractivity contribution is 7.09. The van der Waals surface area contributed by atoms with E-state index in [2.05, 4.69) is 10.4 Å². The molecule has 1 aliphatic rings. The number of aryl methyl sites for hydroxylation is 1. The molecule has 2 aromatic rings. The molecule has 0 atom stereocenters. The third-order valence-electron chi connectivity index (χ3n) is 4.60. The summed E-state index contributed by atoms with van der Waals surface area (Å²) in [7, 11) is 0. The van der Waals surface area contributed by atoms with E-state index in [9.17, 15) is 9.90 Å². The van der Waals surface area contributed by atoms with Crippen LogP contribution in [-0.4, -0.2) is 39.0 Å². The first-order valence-corrected chi connectivity index (χ1v) is 9.80. The molecular formula is C18H26N4O2S. The lowest BCUT2D eigenvalue weighted by Gasteiger charge is -2.25. The third-order valence-corrected chi connectivity index (χ3v) is 5.46. The zero-order valence-corrected chi connectivity index (χ0v) is 15.5. The van der Waals surface area contributed by atoms with Crippen molar-refractivity contribution in [2.24, 2.45) is 0 Å². The third kappa shape index (κ3) is 4.61. The first kappa shape index (κ1) is 17.9. The van der Waals surface area contributed by atoms with Gasteiger partial charge in [-0.15, -0.1) is 11.3 Å². The second kappa shape index (κ2) is 8.49. The minimum Gasteiger partial charge on any atom is -0.395 e. The summed E-state index contributed by atoms with van der Waals surface area (Å²) in [6.45, 7) is 2.70. The fourth-order valence-electron chi connectivity index (χ4n) is 3.37. The van der Waals surface area contributed by atoms with Crippen molar-refractivity contribution < 1.29 is 9.90 Å². The molecule has 0 radical (unpaired) electrons. The van der Waals surface area contributed by atoms with Crippen LogP contribution in [0.5, 0.6) is 0 Å². The van der Waals surface area contributed by atoms with Gasteiger partial charge in [-0.05, 0) is 31.2 Å². The zero-order valence-electron chi connectivity index (χ0n) is 14.6.